The molecule has 0 saturated heterocycles. The van der Waals surface area contributed by atoms with Gasteiger partial charge in [-0.25, -0.2) is 4.68 Å². The van der Waals surface area contributed by atoms with Gasteiger partial charge in [-0.2, -0.15) is 5.10 Å². The van der Waals surface area contributed by atoms with E-state index in [-0.39, 0.29) is 6.04 Å². The Balaban J connectivity index is 1.86. The van der Waals surface area contributed by atoms with Gasteiger partial charge in [0.15, 0.2) is 4.77 Å². The Morgan fingerprint density at radius 1 is 1.04 bits per heavy atom. The van der Waals surface area contributed by atoms with Gasteiger partial charge >= 0.3 is 0 Å². The number of ether oxygens (including phenoxy) is 1. The minimum atomic E-state index is 0.128. The first-order valence-electron chi connectivity index (χ1n) is 8.62. The highest BCUT2D eigenvalue weighted by Crippen LogP contribution is 2.27. The molecule has 1 heterocycles. The topological polar surface area (TPSA) is 35.2 Å². The molecule has 0 bridgehead atoms. The van der Waals surface area contributed by atoms with E-state index in [9.17, 15) is 0 Å². The van der Waals surface area contributed by atoms with Crippen molar-refractivity contribution in [2.24, 2.45) is 0 Å². The molecule has 3 rings (SSSR count). The Kier molecular flexibility index (Phi) is 6.33. The first-order chi connectivity index (χ1) is 12.7. The van der Waals surface area contributed by atoms with Crippen LogP contribution in [0.1, 0.15) is 17.2 Å². The highest BCUT2D eigenvalue weighted by Gasteiger charge is 2.20. The van der Waals surface area contributed by atoms with E-state index < -0.39 is 0 Å². The second kappa shape index (κ2) is 8.89. The molecule has 6 heteroatoms. The Morgan fingerprint density at radius 2 is 1.62 bits per heavy atom. The van der Waals surface area contributed by atoms with Crippen molar-refractivity contribution in [3.63, 3.8) is 0 Å². The molecule has 1 aromatic heterocycles. The van der Waals surface area contributed by atoms with E-state index in [2.05, 4.69) is 65.6 Å². The largest absolute Gasteiger partial charge is 0.383 e. The molecular formula is C20H24N4OS. The fourth-order valence-electron chi connectivity index (χ4n) is 3.08. The van der Waals surface area contributed by atoms with Crippen LogP contribution in [0.4, 0.5) is 0 Å². The lowest BCUT2D eigenvalue weighted by Crippen LogP contribution is -2.28. The van der Waals surface area contributed by atoms with Crippen LogP contribution in [0.5, 0.6) is 0 Å². The van der Waals surface area contributed by atoms with E-state index >= 15 is 0 Å². The van der Waals surface area contributed by atoms with Gasteiger partial charge in [-0.3, -0.25) is 4.90 Å². The lowest BCUT2D eigenvalue weighted by atomic mass is 9.98. The van der Waals surface area contributed by atoms with Crippen LogP contribution >= 0.6 is 12.2 Å². The van der Waals surface area contributed by atoms with Crippen LogP contribution in [-0.2, 0) is 18.0 Å². The van der Waals surface area contributed by atoms with Crippen LogP contribution in [0.3, 0.4) is 0 Å². The average molecular weight is 369 g/mol. The number of rotatable bonds is 8. The minimum absolute atomic E-state index is 0.128. The Labute approximate surface area is 159 Å². The number of hydrogen-bond donors (Lipinski definition) is 0. The Bertz CT molecular complexity index is 821. The van der Waals surface area contributed by atoms with Gasteiger partial charge in [-0.1, -0.05) is 60.7 Å². The van der Waals surface area contributed by atoms with Crippen LogP contribution < -0.4 is 0 Å². The van der Waals surface area contributed by atoms with Crippen molar-refractivity contribution in [3.05, 3.63) is 82.9 Å². The summed E-state index contributed by atoms with van der Waals surface area (Å²) in [6, 6.07) is 21.1. The summed E-state index contributed by atoms with van der Waals surface area (Å²) < 4.78 is 9.62. The fraction of sp³-hybridized carbons (Fsp3) is 0.300. The summed E-state index contributed by atoms with van der Waals surface area (Å²) in [5, 5.41) is 4.46. The highest BCUT2D eigenvalue weighted by atomic mass is 32.1. The molecule has 136 valence electrons. The molecule has 0 saturated carbocycles. The van der Waals surface area contributed by atoms with Gasteiger partial charge in [0.1, 0.15) is 6.33 Å². The van der Waals surface area contributed by atoms with Gasteiger partial charge in [0.2, 0.25) is 0 Å². The Morgan fingerprint density at radius 3 is 2.15 bits per heavy atom. The van der Waals surface area contributed by atoms with Gasteiger partial charge in [0.05, 0.1) is 19.3 Å². The molecule has 0 aliphatic rings. The maximum absolute atomic E-state index is 5.56. The third-order valence-electron chi connectivity index (χ3n) is 4.36. The molecule has 5 nitrogen and oxygen atoms in total. The van der Waals surface area contributed by atoms with Crippen LogP contribution in [0.15, 0.2) is 67.0 Å². The van der Waals surface area contributed by atoms with Gasteiger partial charge in [0, 0.05) is 13.7 Å². The fourth-order valence-corrected chi connectivity index (χ4v) is 3.32. The molecule has 0 aliphatic heterocycles. The summed E-state index contributed by atoms with van der Waals surface area (Å²) >= 11 is 5.56. The molecule has 26 heavy (non-hydrogen) atoms. The number of methoxy groups -OCH3 is 1. The van der Waals surface area contributed by atoms with Crippen LogP contribution in [-0.4, -0.2) is 40.0 Å². The molecule has 0 radical (unpaired) electrons. The molecule has 3 aromatic rings. The molecule has 0 spiro atoms. The van der Waals surface area contributed by atoms with Gasteiger partial charge in [-0.05, 0) is 30.4 Å². The molecule has 0 fully saturated rings. The highest BCUT2D eigenvalue weighted by molar-refractivity contribution is 7.71. The lowest BCUT2D eigenvalue weighted by Gasteiger charge is -2.28. The third kappa shape index (κ3) is 4.27. The first kappa shape index (κ1) is 18.5. The zero-order valence-corrected chi connectivity index (χ0v) is 16.0. The molecule has 0 atom stereocenters. The zero-order valence-electron chi connectivity index (χ0n) is 15.2. The van der Waals surface area contributed by atoms with E-state index in [1.807, 2.05) is 21.4 Å². The van der Waals surface area contributed by atoms with Crippen LogP contribution in [0.25, 0.3) is 0 Å². The quantitative estimate of drug-likeness (QED) is 0.568. The molecule has 0 N–H and O–H groups in total. The number of benzene rings is 2. The monoisotopic (exact) mass is 368 g/mol. The predicted octanol–water partition coefficient (Wildman–Crippen LogP) is 3.74. The van der Waals surface area contributed by atoms with Gasteiger partial charge < -0.3 is 9.30 Å². The van der Waals surface area contributed by atoms with Gasteiger partial charge in [-0.15, -0.1) is 0 Å². The summed E-state index contributed by atoms with van der Waals surface area (Å²) in [7, 11) is 3.78. The molecule has 0 unspecified atom stereocenters. The second-order valence-electron chi connectivity index (χ2n) is 6.22. The zero-order chi connectivity index (χ0) is 18.4. The minimum Gasteiger partial charge on any atom is -0.383 e. The Hall–Kier alpha value is -2.28. The smallest absolute Gasteiger partial charge is 0.198 e. The number of nitrogens with zero attached hydrogens (tertiary/aromatic N) is 4. The van der Waals surface area contributed by atoms with Crippen molar-refractivity contribution in [3.8, 4) is 0 Å². The van der Waals surface area contributed by atoms with E-state index in [0.29, 0.717) is 24.6 Å². The van der Waals surface area contributed by atoms with Crippen molar-refractivity contribution in [1.29, 1.82) is 0 Å². The van der Waals surface area contributed by atoms with E-state index in [1.54, 1.807) is 13.4 Å². The summed E-state index contributed by atoms with van der Waals surface area (Å²) in [5.74, 6) is 0. The van der Waals surface area contributed by atoms with Gasteiger partial charge in [0.25, 0.3) is 0 Å². The molecular weight excluding hydrogens is 344 g/mol. The summed E-state index contributed by atoms with van der Waals surface area (Å²) in [5.41, 5.74) is 2.48. The summed E-state index contributed by atoms with van der Waals surface area (Å²) in [6.45, 7) is 1.93. The summed E-state index contributed by atoms with van der Waals surface area (Å²) in [4.78, 5) is 2.26. The SMILES string of the molecule is COCCn1cnn(CN(C)C(c2ccccc2)c2ccccc2)c1=S. The van der Waals surface area contributed by atoms with E-state index in [4.69, 9.17) is 17.0 Å². The van der Waals surface area contributed by atoms with Crippen molar-refractivity contribution in [2.45, 2.75) is 19.3 Å². The average Bonchev–Trinajstić information content (AvgIpc) is 3.01. The van der Waals surface area contributed by atoms with Crippen LogP contribution in [0.2, 0.25) is 0 Å². The molecule has 2 aromatic carbocycles. The van der Waals surface area contributed by atoms with Crippen LogP contribution in [0, 0.1) is 4.77 Å². The first-order valence-corrected chi connectivity index (χ1v) is 9.03. The third-order valence-corrected chi connectivity index (χ3v) is 4.81. The van der Waals surface area contributed by atoms with Crippen molar-refractivity contribution in [1.82, 2.24) is 19.2 Å². The molecule has 0 amide bonds. The van der Waals surface area contributed by atoms with E-state index in [1.165, 1.54) is 11.1 Å². The standard InChI is InChI=1S/C20H24N4OS/c1-22(16-24-20(26)23(15-21-24)13-14-25-2)19(17-9-5-3-6-10-17)18-11-7-4-8-12-18/h3-12,15,19H,13-14,16H2,1-2H3. The molecule has 0 aliphatic carbocycles. The van der Waals surface area contributed by atoms with Crippen molar-refractivity contribution < 1.29 is 4.74 Å². The lowest BCUT2D eigenvalue weighted by molar-refractivity contribution is 0.185. The normalized spacial score (nSPS) is 11.4. The van der Waals surface area contributed by atoms with Crippen molar-refractivity contribution in [2.75, 3.05) is 20.8 Å². The maximum atomic E-state index is 5.56. The van der Waals surface area contributed by atoms with Crippen molar-refractivity contribution >= 4 is 12.2 Å². The number of hydrogen-bond acceptors (Lipinski definition) is 4. The maximum Gasteiger partial charge on any atom is 0.198 e. The van der Waals surface area contributed by atoms with E-state index in [0.717, 1.165) is 0 Å². The number of aromatic nitrogens is 3. The second-order valence-corrected chi connectivity index (χ2v) is 6.59. The summed E-state index contributed by atoms with van der Waals surface area (Å²) in [6.07, 6.45) is 1.77. The predicted molar refractivity (Wildman–Crippen MR) is 105 cm³/mol.